The predicted molar refractivity (Wildman–Crippen MR) is 81.7 cm³/mol. The average molecular weight is 323 g/mol. The SMILES string of the molecule is CCc1noc(COCC(=O)N2CCOCC23CCCCC3)n1. The number of morpholine rings is 1. The first-order chi connectivity index (χ1) is 11.2. The Morgan fingerprint density at radius 2 is 2.17 bits per heavy atom. The third-order valence-electron chi connectivity index (χ3n) is 4.77. The van der Waals surface area contributed by atoms with E-state index in [0.29, 0.717) is 31.5 Å². The number of hydrogen-bond acceptors (Lipinski definition) is 6. The molecule has 0 radical (unpaired) electrons. The van der Waals surface area contributed by atoms with Gasteiger partial charge in [0.05, 0.1) is 18.8 Å². The van der Waals surface area contributed by atoms with Crippen molar-refractivity contribution in [2.75, 3.05) is 26.4 Å². The predicted octanol–water partition coefficient (Wildman–Crippen LogP) is 1.71. The van der Waals surface area contributed by atoms with E-state index in [1.165, 1.54) is 6.42 Å². The third-order valence-corrected chi connectivity index (χ3v) is 4.77. The molecule has 2 aliphatic rings. The molecule has 1 amide bonds. The first kappa shape index (κ1) is 16.4. The van der Waals surface area contributed by atoms with Gasteiger partial charge >= 0.3 is 0 Å². The zero-order chi connectivity index (χ0) is 16.1. The molecule has 0 bridgehead atoms. The Kier molecular flexibility index (Phi) is 5.27. The first-order valence-electron chi connectivity index (χ1n) is 8.51. The van der Waals surface area contributed by atoms with Gasteiger partial charge in [-0.2, -0.15) is 4.98 Å². The Hall–Kier alpha value is -1.47. The summed E-state index contributed by atoms with van der Waals surface area (Å²) in [5, 5.41) is 3.81. The van der Waals surface area contributed by atoms with Gasteiger partial charge in [-0.1, -0.05) is 31.3 Å². The van der Waals surface area contributed by atoms with Gasteiger partial charge in [-0.05, 0) is 12.8 Å². The van der Waals surface area contributed by atoms with Crippen molar-refractivity contribution in [1.82, 2.24) is 15.0 Å². The van der Waals surface area contributed by atoms with Crippen LogP contribution in [0.4, 0.5) is 0 Å². The van der Waals surface area contributed by atoms with Gasteiger partial charge in [-0.25, -0.2) is 0 Å². The van der Waals surface area contributed by atoms with Gasteiger partial charge in [-0.3, -0.25) is 4.79 Å². The van der Waals surface area contributed by atoms with Crippen molar-refractivity contribution in [3.63, 3.8) is 0 Å². The van der Waals surface area contributed by atoms with Crippen molar-refractivity contribution in [2.24, 2.45) is 0 Å². The zero-order valence-corrected chi connectivity index (χ0v) is 13.8. The van der Waals surface area contributed by atoms with Gasteiger partial charge in [-0.15, -0.1) is 0 Å². The summed E-state index contributed by atoms with van der Waals surface area (Å²) in [6.07, 6.45) is 6.35. The number of rotatable bonds is 5. The summed E-state index contributed by atoms with van der Waals surface area (Å²) in [6.45, 7) is 4.10. The summed E-state index contributed by atoms with van der Waals surface area (Å²) in [6, 6.07) is 0. The van der Waals surface area contributed by atoms with Gasteiger partial charge in [0.25, 0.3) is 5.89 Å². The topological polar surface area (TPSA) is 77.7 Å². The van der Waals surface area contributed by atoms with Crippen LogP contribution in [0.2, 0.25) is 0 Å². The number of hydrogen-bond donors (Lipinski definition) is 0. The highest BCUT2D eigenvalue weighted by atomic mass is 16.5. The highest BCUT2D eigenvalue weighted by Crippen LogP contribution is 2.35. The summed E-state index contributed by atoms with van der Waals surface area (Å²) in [7, 11) is 0. The second-order valence-corrected chi connectivity index (χ2v) is 6.33. The number of amides is 1. The molecule has 1 spiro atoms. The van der Waals surface area contributed by atoms with Crippen molar-refractivity contribution < 1.29 is 18.8 Å². The lowest BCUT2D eigenvalue weighted by Gasteiger charge is -2.49. The van der Waals surface area contributed by atoms with E-state index in [1.54, 1.807) is 0 Å². The summed E-state index contributed by atoms with van der Waals surface area (Å²) in [4.78, 5) is 18.8. The highest BCUT2D eigenvalue weighted by Gasteiger charge is 2.42. The molecule has 7 heteroatoms. The fourth-order valence-electron chi connectivity index (χ4n) is 3.54. The minimum absolute atomic E-state index is 0.0328. The molecule has 1 aliphatic carbocycles. The van der Waals surface area contributed by atoms with E-state index in [1.807, 2.05) is 11.8 Å². The fourth-order valence-corrected chi connectivity index (χ4v) is 3.54. The Morgan fingerprint density at radius 3 is 2.91 bits per heavy atom. The van der Waals surface area contributed by atoms with E-state index >= 15 is 0 Å². The Labute approximate surface area is 136 Å². The molecule has 0 atom stereocenters. The molecule has 1 saturated carbocycles. The quantitative estimate of drug-likeness (QED) is 0.821. The standard InChI is InChI=1S/C16H25N3O4/c1-2-13-17-14(23-18-13)10-22-11-15(20)19-8-9-21-12-16(19)6-4-3-5-7-16/h2-12H2,1H3. The molecule has 1 aliphatic heterocycles. The maximum Gasteiger partial charge on any atom is 0.252 e. The van der Waals surface area contributed by atoms with Crippen LogP contribution in [0.15, 0.2) is 4.52 Å². The lowest BCUT2D eigenvalue weighted by atomic mass is 9.80. The lowest BCUT2D eigenvalue weighted by Crippen LogP contribution is -2.60. The number of aromatic nitrogens is 2. The maximum atomic E-state index is 12.6. The van der Waals surface area contributed by atoms with Crippen LogP contribution in [0.25, 0.3) is 0 Å². The fraction of sp³-hybridized carbons (Fsp3) is 0.812. The molecule has 7 nitrogen and oxygen atoms in total. The number of ether oxygens (including phenoxy) is 2. The Morgan fingerprint density at radius 1 is 1.35 bits per heavy atom. The number of carbonyl (C=O) groups is 1. The van der Waals surface area contributed by atoms with Crippen LogP contribution in [0.3, 0.4) is 0 Å². The second-order valence-electron chi connectivity index (χ2n) is 6.33. The van der Waals surface area contributed by atoms with Crippen molar-refractivity contribution in [1.29, 1.82) is 0 Å². The van der Waals surface area contributed by atoms with Crippen molar-refractivity contribution in [3.8, 4) is 0 Å². The van der Waals surface area contributed by atoms with Crippen LogP contribution in [-0.4, -0.2) is 52.9 Å². The molecule has 2 fully saturated rings. The normalized spacial score (nSPS) is 20.8. The Balaban J connectivity index is 1.53. The molecule has 2 heterocycles. The van der Waals surface area contributed by atoms with E-state index < -0.39 is 0 Å². The van der Waals surface area contributed by atoms with Gasteiger partial charge in [0.1, 0.15) is 13.2 Å². The van der Waals surface area contributed by atoms with Crippen molar-refractivity contribution >= 4 is 5.91 Å². The summed E-state index contributed by atoms with van der Waals surface area (Å²) in [5.74, 6) is 1.11. The first-order valence-corrected chi connectivity index (χ1v) is 8.51. The molecule has 1 saturated heterocycles. The molecule has 0 aromatic carbocycles. The highest BCUT2D eigenvalue weighted by molar-refractivity contribution is 5.78. The molecule has 23 heavy (non-hydrogen) atoms. The van der Waals surface area contributed by atoms with Crippen LogP contribution in [-0.2, 0) is 27.3 Å². The van der Waals surface area contributed by atoms with Crippen LogP contribution in [0.1, 0.15) is 50.7 Å². The largest absolute Gasteiger partial charge is 0.377 e. The van der Waals surface area contributed by atoms with E-state index in [9.17, 15) is 4.79 Å². The second kappa shape index (κ2) is 7.40. The molecule has 0 N–H and O–H groups in total. The zero-order valence-electron chi connectivity index (χ0n) is 13.8. The van der Waals surface area contributed by atoms with Gasteiger partial charge in [0.15, 0.2) is 5.82 Å². The van der Waals surface area contributed by atoms with Crippen LogP contribution < -0.4 is 0 Å². The minimum atomic E-state index is -0.114. The van der Waals surface area contributed by atoms with Crippen molar-refractivity contribution in [3.05, 3.63) is 11.7 Å². The van der Waals surface area contributed by atoms with E-state index in [0.717, 1.165) is 32.1 Å². The summed E-state index contributed by atoms with van der Waals surface area (Å²) >= 11 is 0. The molecule has 1 aromatic heterocycles. The minimum Gasteiger partial charge on any atom is -0.377 e. The number of carbonyl (C=O) groups excluding carboxylic acids is 1. The van der Waals surface area contributed by atoms with Crippen molar-refractivity contribution in [2.45, 2.75) is 57.6 Å². The number of nitrogens with zero attached hydrogens (tertiary/aromatic N) is 3. The molecular formula is C16H25N3O4. The van der Waals surface area contributed by atoms with E-state index in [-0.39, 0.29) is 24.7 Å². The smallest absolute Gasteiger partial charge is 0.252 e. The summed E-state index contributed by atoms with van der Waals surface area (Å²) in [5.41, 5.74) is -0.114. The van der Waals surface area contributed by atoms with Crippen LogP contribution in [0.5, 0.6) is 0 Å². The average Bonchev–Trinajstić information content (AvgIpc) is 3.04. The molecule has 128 valence electrons. The third kappa shape index (κ3) is 3.72. The molecule has 1 aromatic rings. The van der Waals surface area contributed by atoms with E-state index in [2.05, 4.69) is 10.1 Å². The summed E-state index contributed by atoms with van der Waals surface area (Å²) < 4.78 is 16.2. The molecule has 3 rings (SSSR count). The monoisotopic (exact) mass is 323 g/mol. The maximum absolute atomic E-state index is 12.6. The molecule has 0 unspecified atom stereocenters. The van der Waals surface area contributed by atoms with E-state index in [4.69, 9.17) is 14.0 Å². The van der Waals surface area contributed by atoms with Crippen LogP contribution in [0, 0.1) is 0 Å². The Bertz CT molecular complexity index is 517. The van der Waals surface area contributed by atoms with Crippen LogP contribution >= 0.6 is 0 Å². The lowest BCUT2D eigenvalue weighted by molar-refractivity contribution is -0.158. The number of aryl methyl sites for hydroxylation is 1. The van der Waals surface area contributed by atoms with Gasteiger partial charge in [0, 0.05) is 13.0 Å². The van der Waals surface area contributed by atoms with Gasteiger partial charge < -0.3 is 18.9 Å². The molecular weight excluding hydrogens is 298 g/mol. The van der Waals surface area contributed by atoms with Gasteiger partial charge in [0.2, 0.25) is 5.91 Å².